The molecule has 0 radical (unpaired) electrons. The van der Waals surface area contributed by atoms with Gasteiger partial charge in [-0.2, -0.15) is 4.57 Å². The molecule has 0 unspecified atom stereocenters. The molecule has 0 aliphatic heterocycles. The maximum Gasteiger partial charge on any atom is 0.305 e. The molecule has 0 N–H and O–H groups in total. The van der Waals surface area contributed by atoms with E-state index in [4.69, 9.17) is 0 Å². The van der Waals surface area contributed by atoms with E-state index in [1.54, 1.807) is 11.3 Å². The highest BCUT2D eigenvalue weighted by molar-refractivity contribution is 9.11. The van der Waals surface area contributed by atoms with Crippen LogP contribution in [0.5, 0.6) is 0 Å². The third-order valence-electron chi connectivity index (χ3n) is 1.68. The summed E-state index contributed by atoms with van der Waals surface area (Å²) in [5.41, 5.74) is 1.37. The predicted octanol–water partition coefficient (Wildman–Crippen LogP) is 2.43. The molecule has 10 heavy (non-hydrogen) atoms. The van der Waals surface area contributed by atoms with Crippen molar-refractivity contribution in [2.24, 2.45) is 0 Å². The fourth-order valence-electron chi connectivity index (χ4n) is 0.939. The third-order valence-corrected chi connectivity index (χ3v) is 3.58. The molecule has 56 valence electrons. The van der Waals surface area contributed by atoms with Crippen molar-refractivity contribution in [2.45, 2.75) is 27.3 Å². The molecular formula is C7H11BrNS+. The molecule has 0 fully saturated rings. The van der Waals surface area contributed by atoms with Crippen LogP contribution >= 0.6 is 27.3 Å². The summed E-state index contributed by atoms with van der Waals surface area (Å²) in [4.78, 5) is 1.40. The van der Waals surface area contributed by atoms with Crippen molar-refractivity contribution in [1.29, 1.82) is 0 Å². The van der Waals surface area contributed by atoms with Gasteiger partial charge in [0.2, 0.25) is 0 Å². The molecule has 3 heteroatoms. The minimum atomic E-state index is 1.05. The molecule has 1 aromatic rings. The van der Waals surface area contributed by atoms with Crippen molar-refractivity contribution >= 4 is 27.3 Å². The molecule has 0 bridgehead atoms. The number of hydrogen-bond acceptors (Lipinski definition) is 1. The van der Waals surface area contributed by atoms with Crippen LogP contribution in [0.2, 0.25) is 0 Å². The van der Waals surface area contributed by atoms with Gasteiger partial charge in [-0.15, -0.1) is 0 Å². The number of aromatic nitrogens is 1. The highest BCUT2D eigenvalue weighted by Crippen LogP contribution is 2.19. The van der Waals surface area contributed by atoms with Crippen molar-refractivity contribution in [1.82, 2.24) is 0 Å². The summed E-state index contributed by atoms with van der Waals surface area (Å²) in [7, 11) is 0. The Kier molecular flexibility index (Phi) is 2.47. The quantitative estimate of drug-likeness (QED) is 0.641. The second-order valence-electron chi connectivity index (χ2n) is 2.24. The average Bonchev–Trinajstić information content (AvgIpc) is 2.09. The largest absolute Gasteiger partial charge is 0.305 e. The molecule has 1 heterocycles. The van der Waals surface area contributed by atoms with Gasteiger partial charge >= 0.3 is 3.92 Å². The van der Waals surface area contributed by atoms with Crippen LogP contribution in [-0.2, 0) is 6.54 Å². The molecule has 1 rings (SSSR count). The van der Waals surface area contributed by atoms with E-state index in [-0.39, 0.29) is 0 Å². The van der Waals surface area contributed by atoms with Crippen molar-refractivity contribution in [3.63, 3.8) is 0 Å². The Hall–Kier alpha value is 0.110. The van der Waals surface area contributed by atoms with Crippen LogP contribution < -0.4 is 4.57 Å². The lowest BCUT2D eigenvalue weighted by Crippen LogP contribution is -2.34. The number of rotatable bonds is 1. The number of hydrogen-bond donors (Lipinski definition) is 0. The van der Waals surface area contributed by atoms with Crippen LogP contribution in [-0.4, -0.2) is 0 Å². The minimum Gasteiger partial charge on any atom is -0.181 e. The van der Waals surface area contributed by atoms with Gasteiger partial charge in [0.1, 0.15) is 6.54 Å². The first kappa shape index (κ1) is 8.21. The summed E-state index contributed by atoms with van der Waals surface area (Å²) in [6.45, 7) is 7.51. The molecule has 0 spiro atoms. The van der Waals surface area contributed by atoms with Gasteiger partial charge in [0.25, 0.3) is 0 Å². The molecule has 0 aromatic carbocycles. The highest BCUT2D eigenvalue weighted by atomic mass is 79.9. The smallest absolute Gasteiger partial charge is 0.181 e. The van der Waals surface area contributed by atoms with Crippen LogP contribution in [0.15, 0.2) is 3.92 Å². The first-order chi connectivity index (χ1) is 4.66. The summed E-state index contributed by atoms with van der Waals surface area (Å²) in [6, 6.07) is 0. The fraction of sp³-hybridized carbons (Fsp3) is 0.571. The summed E-state index contributed by atoms with van der Waals surface area (Å²) < 4.78 is 3.49. The molecule has 0 aliphatic rings. The summed E-state index contributed by atoms with van der Waals surface area (Å²) in [6.07, 6.45) is 0. The minimum absolute atomic E-state index is 1.05. The third kappa shape index (κ3) is 1.25. The van der Waals surface area contributed by atoms with Crippen molar-refractivity contribution in [3.8, 4) is 0 Å². The number of aryl methyl sites for hydroxylation is 1. The second-order valence-corrected chi connectivity index (χ2v) is 4.72. The Balaban J connectivity index is 3.20. The van der Waals surface area contributed by atoms with Gasteiger partial charge in [0, 0.05) is 22.9 Å². The SMILES string of the molecule is CC[n+]1c(Br)sc(C)c1C. The zero-order valence-electron chi connectivity index (χ0n) is 6.44. The van der Waals surface area contributed by atoms with Crippen molar-refractivity contribution < 1.29 is 4.57 Å². The van der Waals surface area contributed by atoms with Gasteiger partial charge in [-0.25, -0.2) is 0 Å². The topological polar surface area (TPSA) is 3.88 Å². The van der Waals surface area contributed by atoms with E-state index in [0.717, 1.165) is 6.54 Å². The van der Waals surface area contributed by atoms with Gasteiger partial charge in [0.05, 0.1) is 4.88 Å². The van der Waals surface area contributed by atoms with E-state index < -0.39 is 0 Å². The fourth-order valence-corrected chi connectivity index (χ4v) is 3.07. The summed E-state index contributed by atoms with van der Waals surface area (Å²) in [5.74, 6) is 0. The number of halogens is 1. The first-order valence-electron chi connectivity index (χ1n) is 3.32. The van der Waals surface area contributed by atoms with Gasteiger partial charge in [0.15, 0.2) is 5.69 Å². The number of nitrogens with zero attached hydrogens (tertiary/aromatic N) is 1. The molecule has 1 nitrogen and oxygen atoms in total. The van der Waals surface area contributed by atoms with E-state index in [1.165, 1.54) is 14.5 Å². The van der Waals surface area contributed by atoms with Crippen LogP contribution in [0, 0.1) is 13.8 Å². The molecule has 0 saturated carbocycles. The van der Waals surface area contributed by atoms with E-state index >= 15 is 0 Å². The van der Waals surface area contributed by atoms with E-state index in [0.29, 0.717) is 0 Å². The maximum absolute atomic E-state index is 3.51. The zero-order chi connectivity index (χ0) is 7.72. The number of thiazole rings is 1. The molecule has 0 saturated heterocycles. The lowest BCUT2D eigenvalue weighted by Gasteiger charge is -1.88. The Morgan fingerprint density at radius 1 is 1.50 bits per heavy atom. The van der Waals surface area contributed by atoms with Crippen molar-refractivity contribution in [2.75, 3.05) is 0 Å². The van der Waals surface area contributed by atoms with Crippen LogP contribution in [0.4, 0.5) is 0 Å². The standard InChI is InChI=1S/C7H11BrNS/c1-4-9-5(2)6(3)10-7(9)8/h4H2,1-3H3/q+1. The molecule has 0 amide bonds. The Morgan fingerprint density at radius 2 is 2.10 bits per heavy atom. The first-order valence-corrected chi connectivity index (χ1v) is 4.93. The predicted molar refractivity (Wildman–Crippen MR) is 47.4 cm³/mol. The van der Waals surface area contributed by atoms with Crippen LogP contribution in [0.1, 0.15) is 17.5 Å². The molecule has 0 atom stereocenters. The summed E-state index contributed by atoms with van der Waals surface area (Å²) >= 11 is 5.31. The van der Waals surface area contributed by atoms with Crippen LogP contribution in [0.3, 0.4) is 0 Å². The van der Waals surface area contributed by atoms with Gasteiger partial charge in [-0.1, -0.05) is 11.3 Å². The average molecular weight is 221 g/mol. The monoisotopic (exact) mass is 220 g/mol. The zero-order valence-corrected chi connectivity index (χ0v) is 8.84. The molecular weight excluding hydrogens is 210 g/mol. The highest BCUT2D eigenvalue weighted by Gasteiger charge is 2.15. The maximum atomic E-state index is 3.51. The van der Waals surface area contributed by atoms with Gasteiger partial charge in [-0.3, -0.25) is 0 Å². The Morgan fingerprint density at radius 3 is 2.30 bits per heavy atom. The van der Waals surface area contributed by atoms with E-state index in [9.17, 15) is 0 Å². The van der Waals surface area contributed by atoms with Crippen LogP contribution in [0.25, 0.3) is 0 Å². The Labute approximate surface area is 73.8 Å². The normalized spacial score (nSPS) is 10.4. The Bertz CT molecular complexity index is 242. The van der Waals surface area contributed by atoms with Gasteiger partial charge < -0.3 is 0 Å². The molecule has 1 aromatic heterocycles. The van der Waals surface area contributed by atoms with Gasteiger partial charge in [-0.05, 0) is 13.8 Å². The van der Waals surface area contributed by atoms with E-state index in [2.05, 4.69) is 41.3 Å². The lowest BCUT2D eigenvalue weighted by molar-refractivity contribution is -0.704. The molecule has 0 aliphatic carbocycles. The van der Waals surface area contributed by atoms with Crippen molar-refractivity contribution in [3.05, 3.63) is 14.5 Å². The summed E-state index contributed by atoms with van der Waals surface area (Å²) in [5, 5.41) is 0. The van der Waals surface area contributed by atoms with E-state index in [1.807, 2.05) is 0 Å². The lowest BCUT2D eigenvalue weighted by atomic mass is 10.4. The second kappa shape index (κ2) is 3.01.